The first-order valence-electron chi connectivity index (χ1n) is 8.30. The molecule has 1 aromatic rings. The van der Waals surface area contributed by atoms with Crippen LogP contribution in [-0.2, 0) is 16.1 Å². The molecule has 0 unspecified atom stereocenters. The predicted molar refractivity (Wildman–Crippen MR) is 79.9 cm³/mol. The van der Waals surface area contributed by atoms with Crippen LogP contribution in [0.15, 0.2) is 24.5 Å². The highest BCUT2D eigenvalue weighted by molar-refractivity contribution is 5.08. The fourth-order valence-electron chi connectivity index (χ4n) is 3.98. The smallest absolute Gasteiger partial charge is 0.0995 e. The van der Waals surface area contributed by atoms with Gasteiger partial charge in [-0.2, -0.15) is 0 Å². The first-order chi connectivity index (χ1) is 10.4. The van der Waals surface area contributed by atoms with Gasteiger partial charge in [0.2, 0.25) is 0 Å². The second-order valence-corrected chi connectivity index (χ2v) is 6.51. The van der Waals surface area contributed by atoms with Crippen molar-refractivity contribution in [3.63, 3.8) is 0 Å². The Labute approximate surface area is 126 Å². The molecule has 21 heavy (non-hydrogen) atoms. The van der Waals surface area contributed by atoms with Crippen LogP contribution in [0.25, 0.3) is 0 Å². The molecule has 2 heterocycles. The summed E-state index contributed by atoms with van der Waals surface area (Å²) in [5, 5.41) is 0. The summed E-state index contributed by atoms with van der Waals surface area (Å²) in [4.78, 5) is 6.75. The molecule has 1 saturated heterocycles. The standard InChI is InChI=1S/C17H24N2O2/c1-2-14(3-1)19-10-11-20-16-5-4-15(19)17(16)21-12-13-6-8-18-9-7-13/h6-9,14-17H,1-5,10-12H2/t15-,16-,17+/m1/s1. The molecule has 3 aliphatic rings. The Morgan fingerprint density at radius 1 is 1.19 bits per heavy atom. The molecule has 0 amide bonds. The summed E-state index contributed by atoms with van der Waals surface area (Å²) in [6.07, 6.45) is 10.7. The molecule has 0 spiro atoms. The number of pyridine rings is 1. The second-order valence-electron chi connectivity index (χ2n) is 6.51. The van der Waals surface area contributed by atoms with Gasteiger partial charge in [-0.1, -0.05) is 6.42 Å². The van der Waals surface area contributed by atoms with Crippen molar-refractivity contribution in [1.29, 1.82) is 0 Å². The van der Waals surface area contributed by atoms with Crippen molar-refractivity contribution in [3.8, 4) is 0 Å². The highest BCUT2D eigenvalue weighted by atomic mass is 16.5. The van der Waals surface area contributed by atoms with Gasteiger partial charge in [0.25, 0.3) is 0 Å². The van der Waals surface area contributed by atoms with Crippen LogP contribution in [0.2, 0.25) is 0 Å². The Kier molecular flexibility index (Phi) is 3.93. The van der Waals surface area contributed by atoms with E-state index in [0.717, 1.165) is 25.6 Å². The van der Waals surface area contributed by atoms with Crippen molar-refractivity contribution in [2.24, 2.45) is 0 Å². The first-order valence-corrected chi connectivity index (χ1v) is 8.30. The van der Waals surface area contributed by atoms with Crippen LogP contribution < -0.4 is 0 Å². The van der Waals surface area contributed by atoms with Crippen LogP contribution in [0.5, 0.6) is 0 Å². The summed E-state index contributed by atoms with van der Waals surface area (Å²) in [5.41, 5.74) is 1.20. The van der Waals surface area contributed by atoms with Gasteiger partial charge in [-0.15, -0.1) is 0 Å². The Hall–Kier alpha value is -0.970. The monoisotopic (exact) mass is 288 g/mol. The van der Waals surface area contributed by atoms with Crippen molar-refractivity contribution in [2.75, 3.05) is 13.2 Å². The van der Waals surface area contributed by atoms with Crippen molar-refractivity contribution >= 4 is 0 Å². The van der Waals surface area contributed by atoms with Gasteiger partial charge in [-0.05, 0) is 43.4 Å². The van der Waals surface area contributed by atoms with Gasteiger partial charge in [-0.3, -0.25) is 9.88 Å². The number of ether oxygens (including phenoxy) is 2. The van der Waals surface area contributed by atoms with Crippen LogP contribution >= 0.6 is 0 Å². The lowest BCUT2D eigenvalue weighted by atomic mass is 9.90. The molecule has 0 radical (unpaired) electrons. The van der Waals surface area contributed by atoms with E-state index in [1.165, 1.54) is 31.2 Å². The van der Waals surface area contributed by atoms with E-state index >= 15 is 0 Å². The van der Waals surface area contributed by atoms with E-state index in [9.17, 15) is 0 Å². The normalized spacial score (nSPS) is 33.6. The predicted octanol–water partition coefficient (Wildman–Crippen LogP) is 2.38. The minimum Gasteiger partial charge on any atom is -0.374 e. The van der Waals surface area contributed by atoms with Crippen LogP contribution in [0.1, 0.15) is 37.7 Å². The molecule has 3 atom stereocenters. The number of hydrogen-bond acceptors (Lipinski definition) is 4. The minimum absolute atomic E-state index is 0.237. The van der Waals surface area contributed by atoms with Gasteiger partial charge in [0.05, 0.1) is 25.4 Å². The van der Waals surface area contributed by atoms with Crippen molar-refractivity contribution in [2.45, 2.75) is 63.0 Å². The number of hydrogen-bond donors (Lipinski definition) is 0. The summed E-state index contributed by atoms with van der Waals surface area (Å²) in [6, 6.07) is 5.40. The molecular weight excluding hydrogens is 264 g/mol. The highest BCUT2D eigenvalue weighted by Crippen LogP contribution is 2.37. The van der Waals surface area contributed by atoms with E-state index in [0.29, 0.717) is 18.8 Å². The zero-order valence-electron chi connectivity index (χ0n) is 12.5. The Balaban J connectivity index is 1.45. The molecule has 2 bridgehead atoms. The van der Waals surface area contributed by atoms with Gasteiger partial charge in [0.15, 0.2) is 0 Å². The summed E-state index contributed by atoms with van der Waals surface area (Å²) in [6.45, 7) is 2.62. The summed E-state index contributed by atoms with van der Waals surface area (Å²) >= 11 is 0. The van der Waals surface area contributed by atoms with Crippen molar-refractivity contribution in [3.05, 3.63) is 30.1 Å². The van der Waals surface area contributed by atoms with E-state index in [1.807, 2.05) is 24.5 Å². The lowest BCUT2D eigenvalue weighted by molar-refractivity contribution is -0.0651. The lowest BCUT2D eigenvalue weighted by Crippen LogP contribution is -2.50. The zero-order chi connectivity index (χ0) is 14.1. The lowest BCUT2D eigenvalue weighted by Gasteiger charge is -2.42. The maximum atomic E-state index is 6.29. The molecule has 3 fully saturated rings. The highest BCUT2D eigenvalue weighted by Gasteiger charge is 2.45. The molecule has 4 nitrogen and oxygen atoms in total. The second kappa shape index (κ2) is 6.03. The fraction of sp³-hybridized carbons (Fsp3) is 0.706. The Bertz CT molecular complexity index is 463. The van der Waals surface area contributed by atoms with E-state index in [4.69, 9.17) is 9.47 Å². The molecule has 4 rings (SSSR count). The fourth-order valence-corrected chi connectivity index (χ4v) is 3.98. The maximum absolute atomic E-state index is 6.29. The van der Waals surface area contributed by atoms with Crippen molar-refractivity contribution < 1.29 is 9.47 Å². The Morgan fingerprint density at radius 2 is 2.05 bits per heavy atom. The molecule has 1 aliphatic heterocycles. The van der Waals surface area contributed by atoms with Gasteiger partial charge >= 0.3 is 0 Å². The SMILES string of the molecule is c1cc(CO[C@H]2[C@H]3CC[C@H]2OCCN3C2CCC2)ccn1. The van der Waals surface area contributed by atoms with Gasteiger partial charge in [0, 0.05) is 31.0 Å². The molecule has 2 aliphatic carbocycles. The van der Waals surface area contributed by atoms with Gasteiger partial charge < -0.3 is 9.47 Å². The molecule has 0 aromatic carbocycles. The summed E-state index contributed by atoms with van der Waals surface area (Å²) in [7, 11) is 0. The molecule has 0 N–H and O–H groups in total. The summed E-state index contributed by atoms with van der Waals surface area (Å²) < 4.78 is 12.4. The van der Waals surface area contributed by atoms with Crippen LogP contribution in [-0.4, -0.2) is 47.3 Å². The van der Waals surface area contributed by atoms with Crippen LogP contribution in [0, 0.1) is 0 Å². The van der Waals surface area contributed by atoms with Gasteiger partial charge in [0.1, 0.15) is 0 Å². The quantitative estimate of drug-likeness (QED) is 0.852. The third kappa shape index (κ3) is 2.72. The topological polar surface area (TPSA) is 34.6 Å². The average molecular weight is 288 g/mol. The number of nitrogens with zero attached hydrogens (tertiary/aromatic N) is 2. The number of aromatic nitrogens is 1. The van der Waals surface area contributed by atoms with E-state index < -0.39 is 0 Å². The third-order valence-electron chi connectivity index (χ3n) is 5.34. The number of rotatable bonds is 4. The molecular formula is C17H24N2O2. The largest absolute Gasteiger partial charge is 0.374 e. The van der Waals surface area contributed by atoms with E-state index in [2.05, 4.69) is 9.88 Å². The number of fused-ring (bicyclic) bond motifs is 2. The van der Waals surface area contributed by atoms with Crippen molar-refractivity contribution in [1.82, 2.24) is 9.88 Å². The summed E-state index contributed by atoms with van der Waals surface area (Å²) in [5.74, 6) is 0. The Morgan fingerprint density at radius 3 is 2.81 bits per heavy atom. The molecule has 2 saturated carbocycles. The first kappa shape index (κ1) is 13.7. The average Bonchev–Trinajstić information content (AvgIpc) is 2.76. The van der Waals surface area contributed by atoms with E-state index in [1.54, 1.807) is 0 Å². The van der Waals surface area contributed by atoms with E-state index in [-0.39, 0.29) is 6.10 Å². The zero-order valence-corrected chi connectivity index (χ0v) is 12.5. The maximum Gasteiger partial charge on any atom is 0.0995 e. The molecule has 114 valence electrons. The molecule has 1 aromatic heterocycles. The third-order valence-corrected chi connectivity index (χ3v) is 5.34. The van der Waals surface area contributed by atoms with Crippen LogP contribution in [0.4, 0.5) is 0 Å². The van der Waals surface area contributed by atoms with Crippen LogP contribution in [0.3, 0.4) is 0 Å². The molecule has 4 heteroatoms. The minimum atomic E-state index is 0.237. The van der Waals surface area contributed by atoms with Gasteiger partial charge in [-0.25, -0.2) is 0 Å².